The normalized spacial score (nSPS) is 24.9. The third-order valence-electron chi connectivity index (χ3n) is 7.61. The number of fused-ring (bicyclic) bond motifs is 2. The Hall–Kier alpha value is -2.71. The maximum atomic E-state index is 13.7. The van der Waals surface area contributed by atoms with Crippen molar-refractivity contribution >= 4 is 21.9 Å². The van der Waals surface area contributed by atoms with E-state index in [9.17, 15) is 18.0 Å². The summed E-state index contributed by atoms with van der Waals surface area (Å²) < 4.78 is 33.4. The molecule has 2 aliphatic heterocycles. The van der Waals surface area contributed by atoms with Crippen LogP contribution >= 0.6 is 0 Å². The average Bonchev–Trinajstić information content (AvgIpc) is 3.27. The summed E-state index contributed by atoms with van der Waals surface area (Å²) >= 11 is 0. The highest BCUT2D eigenvalue weighted by atomic mass is 32.2. The fourth-order valence-electron chi connectivity index (χ4n) is 5.86. The molecule has 0 radical (unpaired) electrons. The highest BCUT2D eigenvalue weighted by Crippen LogP contribution is 2.41. The maximum Gasteiger partial charge on any atom is 0.328 e. The predicted octanol–water partition coefficient (Wildman–Crippen LogP) is 3.38. The van der Waals surface area contributed by atoms with Gasteiger partial charge in [-0.25, -0.2) is 13.2 Å². The number of benzene rings is 2. The zero-order valence-corrected chi connectivity index (χ0v) is 20.2. The van der Waals surface area contributed by atoms with Crippen molar-refractivity contribution in [3.63, 3.8) is 0 Å². The van der Waals surface area contributed by atoms with E-state index in [4.69, 9.17) is 4.74 Å². The van der Waals surface area contributed by atoms with Crippen molar-refractivity contribution in [2.75, 3.05) is 13.7 Å². The highest BCUT2D eigenvalue weighted by molar-refractivity contribution is 7.89. The average molecular weight is 483 g/mol. The zero-order valence-electron chi connectivity index (χ0n) is 19.4. The molecule has 1 saturated carbocycles. The van der Waals surface area contributed by atoms with Gasteiger partial charge in [-0.05, 0) is 60.9 Å². The Balaban J connectivity index is 1.43. The second-order valence-corrected chi connectivity index (χ2v) is 11.4. The van der Waals surface area contributed by atoms with Crippen LogP contribution in [0.1, 0.15) is 53.6 Å². The molecule has 0 N–H and O–H groups in total. The van der Waals surface area contributed by atoms with Crippen LogP contribution < -0.4 is 0 Å². The number of hydrogen-bond acceptors (Lipinski definition) is 5. The lowest BCUT2D eigenvalue weighted by molar-refractivity contribution is -0.145. The van der Waals surface area contributed by atoms with Gasteiger partial charge in [-0.2, -0.15) is 4.31 Å². The van der Waals surface area contributed by atoms with Crippen LogP contribution in [0.3, 0.4) is 0 Å². The van der Waals surface area contributed by atoms with E-state index in [0.717, 1.165) is 31.2 Å². The number of likely N-dealkylation sites (tertiary alicyclic amines) is 1. The molecular weight excluding hydrogens is 452 g/mol. The molecule has 2 fully saturated rings. The molecule has 3 atom stereocenters. The summed E-state index contributed by atoms with van der Waals surface area (Å²) in [6.45, 7) is 0.717. The molecule has 8 heteroatoms. The first-order valence-corrected chi connectivity index (χ1v) is 13.4. The van der Waals surface area contributed by atoms with E-state index in [1.54, 1.807) is 17.0 Å². The number of carbonyl (C=O) groups excluding carboxylic acids is 2. The van der Waals surface area contributed by atoms with Crippen LogP contribution in [-0.4, -0.2) is 55.2 Å². The third-order valence-corrected chi connectivity index (χ3v) is 9.45. The first-order chi connectivity index (χ1) is 16.4. The van der Waals surface area contributed by atoms with Crippen molar-refractivity contribution in [3.05, 3.63) is 65.2 Å². The van der Waals surface area contributed by atoms with E-state index in [1.807, 2.05) is 24.3 Å². The van der Waals surface area contributed by atoms with Gasteiger partial charge >= 0.3 is 5.97 Å². The van der Waals surface area contributed by atoms with Gasteiger partial charge in [0.05, 0.1) is 12.0 Å². The van der Waals surface area contributed by atoms with Crippen molar-refractivity contribution < 1.29 is 22.7 Å². The lowest BCUT2D eigenvalue weighted by Gasteiger charge is -2.33. The number of sulfonamides is 1. The maximum absolute atomic E-state index is 13.7. The number of ether oxygens (including phenoxy) is 1. The molecule has 7 nitrogen and oxygen atoms in total. The van der Waals surface area contributed by atoms with Crippen LogP contribution in [0.4, 0.5) is 0 Å². The van der Waals surface area contributed by atoms with Crippen molar-refractivity contribution in [2.24, 2.45) is 5.92 Å². The summed E-state index contributed by atoms with van der Waals surface area (Å²) in [6, 6.07) is 13.5. The van der Waals surface area contributed by atoms with E-state index in [-0.39, 0.29) is 22.8 Å². The molecule has 34 heavy (non-hydrogen) atoms. The number of rotatable bonds is 4. The molecule has 3 aliphatic rings. The Bertz CT molecular complexity index is 1210. The number of nitrogens with zero attached hydrogens (tertiary/aromatic N) is 2. The highest BCUT2D eigenvalue weighted by Gasteiger charge is 2.48. The van der Waals surface area contributed by atoms with E-state index in [1.165, 1.54) is 29.1 Å². The Labute approximate surface area is 200 Å². The fraction of sp³-hybridized carbons (Fsp3) is 0.462. The van der Waals surface area contributed by atoms with Crippen LogP contribution in [0, 0.1) is 5.92 Å². The number of carbonyl (C=O) groups is 2. The predicted molar refractivity (Wildman–Crippen MR) is 127 cm³/mol. The molecule has 1 amide bonds. The molecule has 0 aromatic heterocycles. The lowest BCUT2D eigenvalue weighted by atomic mass is 9.84. The molecular formula is C26H30N2O5S. The van der Waals surface area contributed by atoms with E-state index in [2.05, 4.69) is 0 Å². The molecule has 3 unspecified atom stereocenters. The zero-order chi connectivity index (χ0) is 23.9. The molecule has 0 spiro atoms. The molecule has 2 aromatic carbocycles. The summed E-state index contributed by atoms with van der Waals surface area (Å²) in [7, 11) is -2.43. The standard InChI is InChI=1S/C26H30N2O5S/c1-33-26(30)24-16-19-8-4-5-12-23(19)28(24)25(29)20-10-6-11-22(15-20)34(31,32)27-14-13-18-7-2-3-9-21(18)17-27/h2-3,6-7,9-11,15,19,23-24H,4-5,8,12-14,16-17H2,1H3. The summed E-state index contributed by atoms with van der Waals surface area (Å²) in [5, 5.41) is 0. The minimum Gasteiger partial charge on any atom is -0.467 e. The van der Waals surface area contributed by atoms with E-state index >= 15 is 0 Å². The fourth-order valence-corrected chi connectivity index (χ4v) is 7.33. The molecule has 1 saturated heterocycles. The van der Waals surface area contributed by atoms with Gasteiger partial charge in [0.2, 0.25) is 10.0 Å². The second-order valence-electron chi connectivity index (χ2n) is 9.48. The quantitative estimate of drug-likeness (QED) is 0.624. The van der Waals surface area contributed by atoms with E-state index in [0.29, 0.717) is 31.5 Å². The largest absolute Gasteiger partial charge is 0.467 e. The Morgan fingerprint density at radius 3 is 2.56 bits per heavy atom. The third kappa shape index (κ3) is 4.03. The topological polar surface area (TPSA) is 84.0 Å². The van der Waals surface area contributed by atoms with Gasteiger partial charge in [-0.15, -0.1) is 0 Å². The van der Waals surface area contributed by atoms with Crippen molar-refractivity contribution in [3.8, 4) is 0 Å². The molecule has 2 aromatic rings. The van der Waals surface area contributed by atoms with Crippen LogP contribution in [0.2, 0.25) is 0 Å². The van der Waals surface area contributed by atoms with Gasteiger partial charge in [0.25, 0.3) is 5.91 Å². The first kappa shape index (κ1) is 23.1. The molecule has 2 heterocycles. The van der Waals surface area contributed by atoms with Gasteiger partial charge in [0.15, 0.2) is 0 Å². The monoisotopic (exact) mass is 482 g/mol. The summed E-state index contributed by atoms with van der Waals surface area (Å²) in [5.74, 6) is -0.425. The number of hydrogen-bond donors (Lipinski definition) is 0. The number of amides is 1. The van der Waals surface area contributed by atoms with Gasteiger partial charge in [-0.1, -0.05) is 43.2 Å². The SMILES string of the molecule is COC(=O)C1CC2CCCCC2N1C(=O)c1cccc(S(=O)(=O)N2CCc3ccccc3C2)c1. The smallest absolute Gasteiger partial charge is 0.328 e. The second kappa shape index (κ2) is 9.15. The van der Waals surface area contributed by atoms with Gasteiger partial charge in [0.1, 0.15) is 6.04 Å². The van der Waals surface area contributed by atoms with Crippen LogP contribution in [0.15, 0.2) is 53.4 Å². The number of esters is 1. The Kier molecular flexibility index (Phi) is 6.20. The summed E-state index contributed by atoms with van der Waals surface area (Å²) in [6.07, 6.45) is 5.23. The molecule has 0 bridgehead atoms. The van der Waals surface area contributed by atoms with Crippen LogP contribution in [0.5, 0.6) is 0 Å². The first-order valence-electron chi connectivity index (χ1n) is 12.0. The lowest BCUT2D eigenvalue weighted by Crippen LogP contribution is -2.46. The van der Waals surface area contributed by atoms with Crippen LogP contribution in [-0.2, 0) is 32.5 Å². The van der Waals surface area contributed by atoms with E-state index < -0.39 is 22.0 Å². The van der Waals surface area contributed by atoms with Crippen molar-refractivity contribution in [1.29, 1.82) is 0 Å². The Morgan fingerprint density at radius 2 is 1.76 bits per heavy atom. The molecule has 180 valence electrons. The molecule has 5 rings (SSSR count). The van der Waals surface area contributed by atoms with Crippen LogP contribution in [0.25, 0.3) is 0 Å². The summed E-state index contributed by atoms with van der Waals surface area (Å²) in [5.41, 5.74) is 2.47. The van der Waals surface area contributed by atoms with Gasteiger partial charge < -0.3 is 9.64 Å². The van der Waals surface area contributed by atoms with Gasteiger partial charge in [-0.3, -0.25) is 4.79 Å². The summed E-state index contributed by atoms with van der Waals surface area (Å²) in [4.78, 5) is 27.9. The minimum absolute atomic E-state index is 0.00999. The number of methoxy groups -OCH3 is 1. The minimum atomic E-state index is -3.77. The Morgan fingerprint density at radius 1 is 1.00 bits per heavy atom. The molecule has 1 aliphatic carbocycles. The van der Waals surface area contributed by atoms with Gasteiger partial charge in [0, 0.05) is 24.7 Å². The van der Waals surface area contributed by atoms with Crippen molar-refractivity contribution in [2.45, 2.75) is 62.0 Å². The van der Waals surface area contributed by atoms with Crippen molar-refractivity contribution in [1.82, 2.24) is 9.21 Å².